The zero-order valence-corrected chi connectivity index (χ0v) is 9.49. The Morgan fingerprint density at radius 1 is 0.941 bits per heavy atom. The van der Waals surface area contributed by atoms with Crippen molar-refractivity contribution in [2.24, 2.45) is 0 Å². The van der Waals surface area contributed by atoms with Crippen molar-refractivity contribution in [1.82, 2.24) is 0 Å². The van der Waals surface area contributed by atoms with Crippen molar-refractivity contribution in [2.75, 3.05) is 0 Å². The first-order valence-electron chi connectivity index (χ1n) is 4.81. The summed E-state index contributed by atoms with van der Waals surface area (Å²) in [6.07, 6.45) is 0. The number of benzene rings is 2. The van der Waals surface area contributed by atoms with Crippen molar-refractivity contribution in [3.8, 4) is 11.1 Å². The summed E-state index contributed by atoms with van der Waals surface area (Å²) in [5.41, 5.74) is 0.870. The molecule has 88 valence electrons. The first kappa shape index (κ1) is 11.8. The molecular formula is C12H9FO3S. The molecular weight excluding hydrogens is 243 g/mol. The van der Waals surface area contributed by atoms with Gasteiger partial charge in [-0.3, -0.25) is 4.55 Å². The maximum absolute atomic E-state index is 12.8. The Bertz CT molecular complexity index is 633. The van der Waals surface area contributed by atoms with Crippen LogP contribution in [0.2, 0.25) is 0 Å². The molecule has 5 heteroatoms. The molecule has 2 aromatic carbocycles. The molecule has 17 heavy (non-hydrogen) atoms. The summed E-state index contributed by atoms with van der Waals surface area (Å²) in [5.74, 6) is -0.405. The molecule has 0 atom stereocenters. The smallest absolute Gasteiger partial charge is 0.282 e. The van der Waals surface area contributed by atoms with Crippen molar-refractivity contribution in [3.05, 3.63) is 54.3 Å². The van der Waals surface area contributed by atoms with E-state index in [2.05, 4.69) is 0 Å². The predicted molar refractivity (Wildman–Crippen MR) is 61.7 cm³/mol. The number of hydrogen-bond acceptors (Lipinski definition) is 2. The highest BCUT2D eigenvalue weighted by atomic mass is 32.2. The van der Waals surface area contributed by atoms with Crippen LogP contribution in [0.5, 0.6) is 0 Å². The summed E-state index contributed by atoms with van der Waals surface area (Å²) in [6, 6.07) is 11.4. The Labute approximate surface area is 98.3 Å². The highest BCUT2D eigenvalue weighted by molar-refractivity contribution is 7.86. The Morgan fingerprint density at radius 2 is 1.53 bits per heavy atom. The lowest BCUT2D eigenvalue weighted by molar-refractivity contribution is 0.483. The van der Waals surface area contributed by atoms with E-state index in [4.69, 9.17) is 4.55 Å². The Hall–Kier alpha value is -1.72. The molecule has 0 aliphatic heterocycles. The molecule has 1 N–H and O–H groups in total. The van der Waals surface area contributed by atoms with E-state index in [0.29, 0.717) is 11.1 Å². The molecule has 0 saturated carbocycles. The Morgan fingerprint density at radius 3 is 2.12 bits per heavy atom. The van der Waals surface area contributed by atoms with E-state index in [1.165, 1.54) is 36.4 Å². The number of rotatable bonds is 2. The van der Waals surface area contributed by atoms with Gasteiger partial charge in [0.1, 0.15) is 10.7 Å². The van der Waals surface area contributed by atoms with Crippen LogP contribution in [0, 0.1) is 5.82 Å². The van der Waals surface area contributed by atoms with Gasteiger partial charge in [-0.05, 0) is 23.8 Å². The van der Waals surface area contributed by atoms with Crippen LogP contribution in [0.15, 0.2) is 53.4 Å². The second-order valence-corrected chi connectivity index (χ2v) is 4.87. The molecule has 0 aromatic heterocycles. The van der Waals surface area contributed by atoms with Crippen molar-refractivity contribution >= 4 is 10.1 Å². The van der Waals surface area contributed by atoms with Crippen molar-refractivity contribution in [1.29, 1.82) is 0 Å². The largest absolute Gasteiger partial charge is 0.295 e. The first-order valence-corrected chi connectivity index (χ1v) is 6.25. The second-order valence-electron chi connectivity index (χ2n) is 3.48. The van der Waals surface area contributed by atoms with Gasteiger partial charge in [0.15, 0.2) is 0 Å². The molecule has 0 fully saturated rings. The fraction of sp³-hybridized carbons (Fsp3) is 0. The van der Waals surface area contributed by atoms with Crippen LogP contribution in [-0.2, 0) is 10.1 Å². The fourth-order valence-electron chi connectivity index (χ4n) is 1.56. The molecule has 0 bridgehead atoms. The maximum Gasteiger partial charge on any atom is 0.295 e. The predicted octanol–water partition coefficient (Wildman–Crippen LogP) is 2.74. The van der Waals surface area contributed by atoms with Gasteiger partial charge >= 0.3 is 0 Å². The Balaban J connectivity index is 2.64. The maximum atomic E-state index is 12.8. The van der Waals surface area contributed by atoms with E-state index >= 15 is 0 Å². The van der Waals surface area contributed by atoms with Crippen LogP contribution in [0.25, 0.3) is 11.1 Å². The minimum absolute atomic E-state index is 0.188. The molecule has 0 spiro atoms. The van der Waals surface area contributed by atoms with Gasteiger partial charge in [-0.1, -0.05) is 30.3 Å². The van der Waals surface area contributed by atoms with Gasteiger partial charge in [-0.15, -0.1) is 0 Å². The summed E-state index contributed by atoms with van der Waals surface area (Å²) < 4.78 is 44.2. The summed E-state index contributed by atoms with van der Waals surface area (Å²) in [4.78, 5) is -0.188. The van der Waals surface area contributed by atoms with Crippen molar-refractivity contribution in [2.45, 2.75) is 4.90 Å². The van der Waals surface area contributed by atoms with Crippen LogP contribution < -0.4 is 0 Å². The van der Waals surface area contributed by atoms with Gasteiger partial charge in [0.25, 0.3) is 10.1 Å². The average molecular weight is 252 g/mol. The van der Waals surface area contributed by atoms with Gasteiger partial charge in [-0.25, -0.2) is 4.39 Å². The van der Waals surface area contributed by atoms with Gasteiger partial charge in [0.2, 0.25) is 0 Å². The molecule has 0 aliphatic carbocycles. The molecule has 0 unspecified atom stereocenters. The van der Waals surface area contributed by atoms with Crippen LogP contribution in [0.4, 0.5) is 4.39 Å². The molecule has 2 aromatic rings. The second kappa shape index (κ2) is 4.27. The third-order valence-electron chi connectivity index (χ3n) is 2.32. The molecule has 0 amide bonds. The van der Waals surface area contributed by atoms with E-state index in [-0.39, 0.29) is 4.90 Å². The zero-order chi connectivity index (χ0) is 12.5. The van der Waals surface area contributed by atoms with E-state index in [1.54, 1.807) is 12.1 Å². The summed E-state index contributed by atoms with van der Waals surface area (Å²) in [5, 5.41) is 0. The topological polar surface area (TPSA) is 54.4 Å². The van der Waals surface area contributed by atoms with Gasteiger partial charge < -0.3 is 0 Å². The lowest BCUT2D eigenvalue weighted by atomic mass is 10.1. The fourth-order valence-corrected chi connectivity index (χ4v) is 2.27. The third-order valence-corrected chi connectivity index (χ3v) is 3.23. The summed E-state index contributed by atoms with van der Waals surface area (Å²) in [6.45, 7) is 0. The molecule has 0 aliphatic rings. The van der Waals surface area contributed by atoms with E-state index in [0.717, 1.165) is 0 Å². The first-order chi connectivity index (χ1) is 7.98. The van der Waals surface area contributed by atoms with Gasteiger partial charge in [0.05, 0.1) is 0 Å². The standard InChI is InChI=1S/C12H9FO3S/c13-10-7-5-9(6-8-10)11-3-1-2-4-12(11)17(14,15)16/h1-8H,(H,14,15,16). The van der Waals surface area contributed by atoms with Crippen molar-refractivity contribution < 1.29 is 17.4 Å². The minimum atomic E-state index is -4.29. The zero-order valence-electron chi connectivity index (χ0n) is 8.67. The highest BCUT2D eigenvalue weighted by Gasteiger charge is 2.15. The van der Waals surface area contributed by atoms with E-state index in [1.807, 2.05) is 0 Å². The molecule has 0 saturated heterocycles. The van der Waals surface area contributed by atoms with Crippen LogP contribution in [0.1, 0.15) is 0 Å². The lowest BCUT2D eigenvalue weighted by Gasteiger charge is -2.06. The number of halogens is 1. The monoisotopic (exact) mass is 252 g/mol. The molecule has 0 radical (unpaired) electrons. The normalized spacial score (nSPS) is 11.4. The average Bonchev–Trinajstić information content (AvgIpc) is 2.29. The lowest BCUT2D eigenvalue weighted by Crippen LogP contribution is -2.00. The molecule has 3 nitrogen and oxygen atoms in total. The molecule has 2 rings (SSSR count). The van der Waals surface area contributed by atoms with Crippen LogP contribution in [0.3, 0.4) is 0 Å². The highest BCUT2D eigenvalue weighted by Crippen LogP contribution is 2.26. The van der Waals surface area contributed by atoms with Crippen LogP contribution >= 0.6 is 0 Å². The van der Waals surface area contributed by atoms with Gasteiger partial charge in [0, 0.05) is 5.56 Å². The van der Waals surface area contributed by atoms with Crippen LogP contribution in [-0.4, -0.2) is 13.0 Å². The quantitative estimate of drug-likeness (QED) is 0.836. The van der Waals surface area contributed by atoms with E-state index in [9.17, 15) is 12.8 Å². The van der Waals surface area contributed by atoms with E-state index < -0.39 is 15.9 Å². The minimum Gasteiger partial charge on any atom is -0.282 e. The molecule has 0 heterocycles. The summed E-state index contributed by atoms with van der Waals surface area (Å²) >= 11 is 0. The Kier molecular flexibility index (Phi) is 2.95. The SMILES string of the molecule is O=S(=O)(O)c1ccccc1-c1ccc(F)cc1. The van der Waals surface area contributed by atoms with Crippen molar-refractivity contribution in [3.63, 3.8) is 0 Å². The van der Waals surface area contributed by atoms with Gasteiger partial charge in [-0.2, -0.15) is 8.42 Å². The summed E-state index contributed by atoms with van der Waals surface area (Å²) in [7, 11) is -4.29. The third kappa shape index (κ3) is 2.51. The number of hydrogen-bond donors (Lipinski definition) is 1.